The van der Waals surface area contributed by atoms with Crippen LogP contribution < -0.4 is 0 Å². The molecule has 422 valence electrons. The third kappa shape index (κ3) is 36.9. The molecule has 0 N–H and O–H groups in total. The molecule has 0 spiro atoms. The molecule has 0 bridgehead atoms. The van der Waals surface area contributed by atoms with Crippen molar-refractivity contribution in [3.8, 4) is 0 Å². The quantitative estimate of drug-likeness (QED) is 0.154. The fourth-order valence-electron chi connectivity index (χ4n) is 7.08. The summed E-state index contributed by atoms with van der Waals surface area (Å²) in [6.45, 7) is 75.7. The molecule has 0 saturated heterocycles. The Morgan fingerprint density at radius 3 is 0.693 bits per heavy atom. The van der Waals surface area contributed by atoms with Gasteiger partial charge in [-0.2, -0.15) is 0 Å². The van der Waals surface area contributed by atoms with Gasteiger partial charge < -0.3 is 0 Å². The van der Waals surface area contributed by atoms with E-state index in [-0.39, 0.29) is 0 Å². The van der Waals surface area contributed by atoms with E-state index in [1.54, 1.807) is 0 Å². The second-order valence-electron chi connectivity index (χ2n) is 24.1. The Hall–Kier alpha value is -4.68. The summed E-state index contributed by atoms with van der Waals surface area (Å²) in [5, 5.41) is 0. The van der Waals surface area contributed by atoms with E-state index >= 15 is 0 Å². The number of benzene rings is 6. The van der Waals surface area contributed by atoms with Crippen molar-refractivity contribution < 1.29 is 0 Å². The Labute approximate surface area is 470 Å². The molecule has 75 heavy (non-hydrogen) atoms. The van der Waals surface area contributed by atoms with Crippen LogP contribution >= 0.6 is 0 Å². The highest BCUT2D eigenvalue weighted by molar-refractivity contribution is 5.48. The van der Waals surface area contributed by atoms with E-state index in [0.717, 1.165) is 11.8 Å². The molecule has 0 saturated carbocycles. The highest BCUT2D eigenvalue weighted by Crippen LogP contribution is 2.25. The van der Waals surface area contributed by atoms with Gasteiger partial charge in [-0.25, -0.2) is 0 Å². The smallest absolute Gasteiger partial charge is 0.0392 e. The Morgan fingerprint density at radius 2 is 0.467 bits per heavy atom. The van der Waals surface area contributed by atoms with E-state index in [1.807, 2.05) is 13.8 Å². The van der Waals surface area contributed by atoms with E-state index in [9.17, 15) is 0 Å². The first-order valence-corrected chi connectivity index (χ1v) is 28.5. The summed E-state index contributed by atoms with van der Waals surface area (Å²) in [6, 6.07) is 28.3. The first-order valence-electron chi connectivity index (χ1n) is 28.5. The van der Waals surface area contributed by atoms with Crippen LogP contribution in [0.15, 0.2) is 78.9 Å². The molecule has 0 nitrogen and oxygen atoms in total. The SMILES string of the molecule is CC.CC(C)(C)C.CC(C)C.CCC(C)C.Cc1c(C)c(C)c(C)c(C)c1C.Cc1cc(C)c(C)c(C)c1.Cc1cc(C)c(C)c(C)c1C.Cc1cc(C)cc(C)c1.Cc1ccc(C)c(C)c1.Cc1ccc(C)cc1. The van der Waals surface area contributed by atoms with E-state index in [0.29, 0.717) is 5.41 Å². The summed E-state index contributed by atoms with van der Waals surface area (Å²) in [4.78, 5) is 0. The third-order valence-corrected chi connectivity index (χ3v) is 13.3. The predicted octanol–water partition coefficient (Wildman–Crippen LogP) is 24.0. The molecule has 0 radical (unpaired) electrons. The molecule has 0 unspecified atom stereocenters. The van der Waals surface area contributed by atoms with E-state index in [1.165, 1.54) is 134 Å². The largest absolute Gasteiger partial charge is 0.0683 e. The molecule has 0 fully saturated rings. The molecule has 0 heteroatoms. The molecular formula is C75H122. The van der Waals surface area contributed by atoms with E-state index in [2.05, 4.69) is 307 Å². The molecule has 0 amide bonds. The molecule has 6 rings (SSSR count). The fourth-order valence-corrected chi connectivity index (χ4v) is 7.08. The van der Waals surface area contributed by atoms with Crippen molar-refractivity contribution in [2.45, 2.75) is 249 Å². The van der Waals surface area contributed by atoms with Crippen LogP contribution in [0.3, 0.4) is 0 Å². The summed E-state index contributed by atoms with van der Waals surface area (Å²) in [6.07, 6.45) is 1.31. The minimum absolute atomic E-state index is 0.500. The molecule has 6 aromatic rings. The number of aryl methyl sites for hydroxylation is 13. The highest BCUT2D eigenvalue weighted by Gasteiger charge is 2.08. The van der Waals surface area contributed by atoms with Crippen molar-refractivity contribution >= 4 is 0 Å². The van der Waals surface area contributed by atoms with Gasteiger partial charge in [0, 0.05) is 0 Å². The minimum Gasteiger partial charge on any atom is -0.0683 e. The molecule has 0 heterocycles. The van der Waals surface area contributed by atoms with Crippen molar-refractivity contribution in [2.24, 2.45) is 17.3 Å². The van der Waals surface area contributed by atoms with Gasteiger partial charge in [0.15, 0.2) is 0 Å². The molecule has 0 atom stereocenters. The molecule has 0 aromatic heterocycles. The monoisotopic (exact) mass is 1020 g/mol. The second kappa shape index (κ2) is 39.7. The van der Waals surface area contributed by atoms with Crippen molar-refractivity contribution in [1.29, 1.82) is 0 Å². The zero-order valence-electron chi connectivity index (χ0n) is 56.4. The third-order valence-electron chi connectivity index (χ3n) is 13.3. The normalized spacial score (nSPS) is 9.83. The van der Waals surface area contributed by atoms with Gasteiger partial charge in [-0.05, 0) is 266 Å². The van der Waals surface area contributed by atoms with Gasteiger partial charge in [0.25, 0.3) is 0 Å². The summed E-state index contributed by atoms with van der Waals surface area (Å²) < 4.78 is 0. The number of hydrogen-bond donors (Lipinski definition) is 0. The van der Waals surface area contributed by atoms with Crippen LogP contribution in [0, 0.1) is 176 Å². The maximum atomic E-state index is 2.26. The number of hydrogen-bond acceptors (Lipinski definition) is 0. The van der Waals surface area contributed by atoms with E-state index < -0.39 is 0 Å². The van der Waals surface area contributed by atoms with Crippen LogP contribution in [0.1, 0.15) is 217 Å². The first-order chi connectivity index (χ1) is 34.3. The summed E-state index contributed by atoms with van der Waals surface area (Å²) in [5.74, 6) is 1.72. The average Bonchev–Trinajstić information content (AvgIpc) is 3.30. The second-order valence-corrected chi connectivity index (χ2v) is 24.1. The van der Waals surface area contributed by atoms with Crippen LogP contribution in [-0.2, 0) is 0 Å². The molecule has 0 aliphatic rings. The van der Waals surface area contributed by atoms with Crippen LogP contribution in [-0.4, -0.2) is 0 Å². The van der Waals surface area contributed by atoms with Gasteiger partial charge in [0.1, 0.15) is 0 Å². The lowest BCUT2D eigenvalue weighted by molar-refractivity contribution is 0.469. The van der Waals surface area contributed by atoms with Gasteiger partial charge in [-0.1, -0.05) is 207 Å². The standard InChI is InChI=1S/C12H18.C11H16.C10H14.2C9H12.C8H10.2C5H12.C4H10.C2H6/c1-7-8(2)10(4)12(6)11(5)9(7)3;1-7-6-8(2)10(4)11(5)9(7)3;1-7-5-8(2)10(4)9(3)6-7;1-7-4-8(2)6-9(3)5-7;1-7-4-5-8(2)9(3)6-7;1-7-3-5-8(2)6-4-7;1-5(2,3)4;1-4-5(2)3;1-4(2)3;1-2/h1-6H3;6H,1-5H3;5-6H,1-4H3;2*4-6H,1-3H3;3-6H,1-2H3;1-4H3;5H,4H2,1-3H3;4H,1-3H3;1-2H3. The van der Waals surface area contributed by atoms with Crippen LogP contribution in [0.25, 0.3) is 0 Å². The van der Waals surface area contributed by atoms with Crippen LogP contribution in [0.5, 0.6) is 0 Å². The molecule has 6 aromatic carbocycles. The average molecular weight is 1020 g/mol. The van der Waals surface area contributed by atoms with Gasteiger partial charge in [0.2, 0.25) is 0 Å². The Bertz CT molecular complexity index is 2250. The number of rotatable bonds is 1. The van der Waals surface area contributed by atoms with Crippen molar-refractivity contribution in [3.05, 3.63) is 207 Å². The zero-order valence-corrected chi connectivity index (χ0v) is 56.4. The fraction of sp³-hybridized carbons (Fsp3) is 0.520. The van der Waals surface area contributed by atoms with Gasteiger partial charge >= 0.3 is 0 Å². The van der Waals surface area contributed by atoms with E-state index in [4.69, 9.17) is 0 Å². The summed E-state index contributed by atoms with van der Waals surface area (Å²) in [7, 11) is 0. The highest BCUT2D eigenvalue weighted by atomic mass is 14.1. The van der Waals surface area contributed by atoms with Gasteiger partial charge in [-0.3, -0.25) is 0 Å². The first kappa shape index (κ1) is 76.8. The zero-order chi connectivity index (χ0) is 59.8. The Balaban J connectivity index is -0.000000383. The van der Waals surface area contributed by atoms with Crippen molar-refractivity contribution in [3.63, 3.8) is 0 Å². The van der Waals surface area contributed by atoms with Crippen LogP contribution in [0.2, 0.25) is 0 Å². The lowest BCUT2D eigenvalue weighted by Gasteiger charge is -2.15. The lowest BCUT2D eigenvalue weighted by Crippen LogP contribution is -1.98. The van der Waals surface area contributed by atoms with Crippen molar-refractivity contribution in [2.75, 3.05) is 0 Å². The topological polar surface area (TPSA) is 0 Å². The van der Waals surface area contributed by atoms with Gasteiger partial charge in [0.05, 0.1) is 0 Å². The predicted molar refractivity (Wildman–Crippen MR) is 350 cm³/mol. The minimum atomic E-state index is 0.500. The van der Waals surface area contributed by atoms with Gasteiger partial charge in [-0.15, -0.1) is 0 Å². The molecule has 0 aliphatic heterocycles. The summed E-state index contributed by atoms with van der Waals surface area (Å²) >= 11 is 0. The van der Waals surface area contributed by atoms with Crippen molar-refractivity contribution in [1.82, 2.24) is 0 Å². The Kier molecular flexibility index (Phi) is 40.6. The Morgan fingerprint density at radius 1 is 0.267 bits per heavy atom. The summed E-state index contributed by atoms with van der Waals surface area (Å²) in [5.41, 5.74) is 32.8. The molecule has 0 aliphatic carbocycles. The maximum Gasteiger partial charge on any atom is -0.0392 e. The maximum absolute atomic E-state index is 2.26. The molecular weight excluding hydrogens is 901 g/mol. The van der Waals surface area contributed by atoms with Crippen LogP contribution in [0.4, 0.5) is 0 Å². The lowest BCUT2D eigenvalue weighted by atomic mass is 9.90.